The number of nitrogens with one attached hydrogen (secondary N) is 2. The van der Waals surface area contributed by atoms with Gasteiger partial charge in [0.05, 0.1) is 7.11 Å². The average molecular weight is 263 g/mol. The van der Waals surface area contributed by atoms with Gasteiger partial charge in [0.25, 0.3) is 5.91 Å². The van der Waals surface area contributed by atoms with Crippen molar-refractivity contribution in [3.63, 3.8) is 0 Å². The second-order valence-corrected chi connectivity index (χ2v) is 3.85. The van der Waals surface area contributed by atoms with E-state index in [2.05, 4.69) is 25.2 Å². The van der Waals surface area contributed by atoms with Crippen LogP contribution in [0, 0.1) is 6.92 Å². The fourth-order valence-corrected chi connectivity index (χ4v) is 1.61. The Morgan fingerprint density at radius 2 is 2.05 bits per heavy atom. The van der Waals surface area contributed by atoms with Crippen molar-refractivity contribution in [3.8, 4) is 0 Å². The molecule has 19 heavy (non-hydrogen) atoms. The van der Waals surface area contributed by atoms with Crippen LogP contribution in [0.15, 0.2) is 12.1 Å². The second-order valence-electron chi connectivity index (χ2n) is 3.85. The predicted octanol–water partition coefficient (Wildman–Crippen LogP) is 0.491. The summed E-state index contributed by atoms with van der Waals surface area (Å²) in [6.45, 7) is 1.72. The summed E-state index contributed by atoms with van der Waals surface area (Å²) in [6, 6.07) is 3.05. The molecule has 0 atom stereocenters. The van der Waals surface area contributed by atoms with E-state index in [1.54, 1.807) is 14.0 Å². The van der Waals surface area contributed by atoms with Crippen molar-refractivity contribution in [1.29, 1.82) is 0 Å². The van der Waals surface area contributed by atoms with E-state index < -0.39 is 11.9 Å². The molecule has 2 N–H and O–H groups in total. The molecular formula is C11H13N5O3. The number of aromatic amines is 1. The summed E-state index contributed by atoms with van der Waals surface area (Å²) in [5.41, 5.74) is 0.599. The SMILES string of the molecule is COC(=O)c1ccc(C(=O)Nc2n[nH]c(C)n2)n1C. The Bertz CT molecular complexity index is 628. The average Bonchev–Trinajstić information content (AvgIpc) is 2.95. The summed E-state index contributed by atoms with van der Waals surface area (Å²) in [5.74, 6) is -0.132. The Morgan fingerprint density at radius 1 is 1.37 bits per heavy atom. The van der Waals surface area contributed by atoms with Gasteiger partial charge < -0.3 is 9.30 Å². The maximum absolute atomic E-state index is 12.0. The first-order chi connectivity index (χ1) is 9.02. The molecule has 2 rings (SSSR count). The molecule has 0 unspecified atom stereocenters. The Balaban J connectivity index is 2.20. The minimum atomic E-state index is -0.504. The van der Waals surface area contributed by atoms with Crippen molar-refractivity contribution in [2.45, 2.75) is 6.92 Å². The van der Waals surface area contributed by atoms with Crippen molar-refractivity contribution in [2.75, 3.05) is 12.4 Å². The number of carbonyl (C=O) groups is 2. The van der Waals surface area contributed by atoms with Crippen LogP contribution < -0.4 is 5.32 Å². The third-order valence-corrected chi connectivity index (χ3v) is 2.57. The monoisotopic (exact) mass is 263 g/mol. The van der Waals surface area contributed by atoms with Gasteiger partial charge in [-0.3, -0.25) is 15.2 Å². The number of rotatable bonds is 3. The van der Waals surface area contributed by atoms with Gasteiger partial charge in [-0.15, -0.1) is 5.10 Å². The number of carbonyl (C=O) groups excluding carboxylic acids is 2. The number of hydrogen-bond acceptors (Lipinski definition) is 5. The van der Waals surface area contributed by atoms with Gasteiger partial charge in [0.2, 0.25) is 5.95 Å². The Hall–Kier alpha value is -2.64. The molecular weight excluding hydrogens is 250 g/mol. The van der Waals surface area contributed by atoms with E-state index >= 15 is 0 Å². The standard InChI is InChI=1S/C11H13N5O3/c1-6-12-11(15-14-6)13-9(17)7-4-5-8(16(7)2)10(18)19-3/h4-5H,1-3H3,(H2,12,13,14,15,17). The first kappa shape index (κ1) is 12.8. The molecule has 2 aromatic heterocycles. The molecule has 0 saturated carbocycles. The van der Waals surface area contributed by atoms with Crippen LogP contribution in [0.3, 0.4) is 0 Å². The molecule has 0 aliphatic carbocycles. The van der Waals surface area contributed by atoms with Crippen molar-refractivity contribution in [3.05, 3.63) is 29.3 Å². The van der Waals surface area contributed by atoms with Gasteiger partial charge in [0.15, 0.2) is 0 Å². The summed E-state index contributed by atoms with van der Waals surface area (Å²) >= 11 is 0. The highest BCUT2D eigenvalue weighted by Gasteiger charge is 2.18. The molecule has 2 aromatic rings. The van der Waals surface area contributed by atoms with E-state index in [9.17, 15) is 9.59 Å². The molecule has 0 spiro atoms. The van der Waals surface area contributed by atoms with Crippen molar-refractivity contribution >= 4 is 17.8 Å². The Kier molecular flexibility index (Phi) is 3.32. The zero-order valence-corrected chi connectivity index (χ0v) is 10.7. The van der Waals surface area contributed by atoms with Crippen LogP contribution in [0.2, 0.25) is 0 Å². The number of ether oxygens (including phenoxy) is 1. The van der Waals surface area contributed by atoms with Gasteiger partial charge in [-0.05, 0) is 19.1 Å². The third kappa shape index (κ3) is 2.46. The number of methoxy groups -OCH3 is 1. The van der Waals surface area contributed by atoms with Gasteiger partial charge in [-0.1, -0.05) is 0 Å². The number of aryl methyl sites for hydroxylation is 1. The van der Waals surface area contributed by atoms with Crippen LogP contribution in [0.4, 0.5) is 5.95 Å². The number of nitrogens with zero attached hydrogens (tertiary/aromatic N) is 3. The van der Waals surface area contributed by atoms with Crippen molar-refractivity contribution in [1.82, 2.24) is 19.7 Å². The largest absolute Gasteiger partial charge is 0.464 e. The molecule has 8 nitrogen and oxygen atoms in total. The minimum Gasteiger partial charge on any atom is -0.464 e. The molecule has 0 aromatic carbocycles. The lowest BCUT2D eigenvalue weighted by atomic mass is 10.4. The van der Waals surface area contributed by atoms with Crippen LogP contribution in [-0.2, 0) is 11.8 Å². The van der Waals surface area contributed by atoms with Gasteiger partial charge in [0, 0.05) is 7.05 Å². The molecule has 2 heterocycles. The number of amides is 1. The molecule has 0 radical (unpaired) electrons. The highest BCUT2D eigenvalue weighted by Crippen LogP contribution is 2.10. The van der Waals surface area contributed by atoms with Gasteiger partial charge in [-0.25, -0.2) is 4.79 Å². The lowest BCUT2D eigenvalue weighted by Gasteiger charge is -2.05. The summed E-state index contributed by atoms with van der Waals surface area (Å²) in [7, 11) is 2.88. The first-order valence-electron chi connectivity index (χ1n) is 5.47. The third-order valence-electron chi connectivity index (χ3n) is 2.57. The van der Waals surface area contributed by atoms with Crippen molar-refractivity contribution in [2.24, 2.45) is 7.05 Å². The molecule has 0 aliphatic heterocycles. The predicted molar refractivity (Wildman–Crippen MR) is 65.8 cm³/mol. The Labute approximate surface area is 108 Å². The summed E-state index contributed by atoms with van der Waals surface area (Å²) in [4.78, 5) is 27.4. The molecule has 0 fully saturated rings. The first-order valence-corrected chi connectivity index (χ1v) is 5.47. The summed E-state index contributed by atoms with van der Waals surface area (Å²) in [5, 5.41) is 8.94. The van der Waals surface area contributed by atoms with Crippen LogP contribution >= 0.6 is 0 Å². The second kappa shape index (κ2) is 4.92. The van der Waals surface area contributed by atoms with Crippen molar-refractivity contribution < 1.29 is 14.3 Å². The summed E-state index contributed by atoms with van der Waals surface area (Å²) < 4.78 is 6.06. The highest BCUT2D eigenvalue weighted by atomic mass is 16.5. The fraction of sp³-hybridized carbons (Fsp3) is 0.273. The van der Waals surface area contributed by atoms with Gasteiger partial charge in [-0.2, -0.15) is 4.98 Å². The van der Waals surface area contributed by atoms with Crippen LogP contribution in [0.25, 0.3) is 0 Å². The number of aromatic nitrogens is 4. The molecule has 0 saturated heterocycles. The molecule has 1 amide bonds. The van der Waals surface area contributed by atoms with Crippen LogP contribution in [0.1, 0.15) is 26.8 Å². The molecule has 100 valence electrons. The maximum Gasteiger partial charge on any atom is 0.354 e. The molecule has 8 heteroatoms. The number of H-pyrrole nitrogens is 1. The normalized spacial score (nSPS) is 10.3. The van der Waals surface area contributed by atoms with Gasteiger partial charge in [0.1, 0.15) is 17.2 Å². The molecule has 0 bridgehead atoms. The lowest BCUT2D eigenvalue weighted by Crippen LogP contribution is -2.18. The van der Waals surface area contributed by atoms with E-state index in [1.165, 1.54) is 23.8 Å². The zero-order chi connectivity index (χ0) is 14.0. The fourth-order valence-electron chi connectivity index (χ4n) is 1.61. The topological polar surface area (TPSA) is 102 Å². The highest BCUT2D eigenvalue weighted by molar-refractivity contribution is 6.03. The van der Waals surface area contributed by atoms with E-state index in [1.807, 2.05) is 0 Å². The maximum atomic E-state index is 12.0. The zero-order valence-electron chi connectivity index (χ0n) is 10.7. The quantitative estimate of drug-likeness (QED) is 0.785. The molecule has 0 aliphatic rings. The Morgan fingerprint density at radius 3 is 2.63 bits per heavy atom. The minimum absolute atomic E-state index is 0.184. The van der Waals surface area contributed by atoms with E-state index in [-0.39, 0.29) is 5.95 Å². The van der Waals surface area contributed by atoms with Gasteiger partial charge >= 0.3 is 5.97 Å². The van der Waals surface area contributed by atoms with Crippen LogP contribution in [0.5, 0.6) is 0 Å². The lowest BCUT2D eigenvalue weighted by molar-refractivity contribution is 0.0590. The number of hydrogen-bond donors (Lipinski definition) is 2. The van der Waals surface area contributed by atoms with E-state index in [0.29, 0.717) is 17.2 Å². The van der Waals surface area contributed by atoms with E-state index in [4.69, 9.17) is 0 Å². The smallest absolute Gasteiger partial charge is 0.354 e. The van der Waals surface area contributed by atoms with E-state index in [0.717, 1.165) is 0 Å². The number of esters is 1. The number of anilines is 1. The van der Waals surface area contributed by atoms with Crippen LogP contribution in [-0.4, -0.2) is 38.7 Å². The summed E-state index contributed by atoms with van der Waals surface area (Å²) in [6.07, 6.45) is 0.